The minimum Gasteiger partial charge on any atom is -0.407 e. The van der Waals surface area contributed by atoms with Crippen LogP contribution in [0.2, 0.25) is 5.28 Å². The van der Waals surface area contributed by atoms with Crippen molar-refractivity contribution in [3.63, 3.8) is 0 Å². The predicted octanol–water partition coefficient (Wildman–Crippen LogP) is 4.12. The van der Waals surface area contributed by atoms with Gasteiger partial charge in [-0.15, -0.1) is 5.10 Å². The second kappa shape index (κ2) is 8.71. The van der Waals surface area contributed by atoms with E-state index in [9.17, 15) is 13.2 Å². The Morgan fingerprint density at radius 3 is 2.71 bits per heavy atom. The summed E-state index contributed by atoms with van der Waals surface area (Å²) in [6, 6.07) is 5.57. The average molecular weight is 470 g/mol. The summed E-state index contributed by atoms with van der Waals surface area (Å²) in [5.41, 5.74) is -0.0199. The smallest absolute Gasteiger partial charge is 0.407 e. The number of aromatic amines is 1. The normalized spacial score (nSPS) is 14.2. The van der Waals surface area contributed by atoms with Crippen molar-refractivity contribution in [2.45, 2.75) is 29.7 Å². The second-order valence-corrected chi connectivity index (χ2v) is 7.86. The van der Waals surface area contributed by atoms with Crippen LogP contribution in [0.5, 0.6) is 5.88 Å². The van der Waals surface area contributed by atoms with E-state index in [1.165, 1.54) is 0 Å². The van der Waals surface area contributed by atoms with Gasteiger partial charge in [-0.3, -0.25) is 5.10 Å². The Hall–Kier alpha value is -2.86. The molecular weight excluding hydrogens is 455 g/mol. The number of nitrogens with one attached hydrogen (secondary N) is 2. The van der Waals surface area contributed by atoms with Gasteiger partial charge in [0.25, 0.3) is 6.02 Å². The van der Waals surface area contributed by atoms with Crippen LogP contribution in [0.25, 0.3) is 11.4 Å². The van der Waals surface area contributed by atoms with Crippen LogP contribution in [0.4, 0.5) is 13.2 Å². The van der Waals surface area contributed by atoms with Crippen LogP contribution in [-0.4, -0.2) is 44.3 Å². The Morgan fingerprint density at radius 2 is 1.97 bits per heavy atom. The van der Waals surface area contributed by atoms with Crippen molar-refractivity contribution < 1.29 is 17.9 Å². The number of benzene rings is 1. The highest BCUT2D eigenvalue weighted by Crippen LogP contribution is 2.33. The standard InChI is InChI=1S/C18H15ClF3N7OS/c1-9-5-10(7-11(6-9)18(20,21)22)14-27-17(29-28-14)31-13-8-12(25-15(19)26-13)30-16-23-3-2-4-24-16/h5-8H,2-4H2,1H3,(H,23,24)(H,27,28,29). The highest BCUT2D eigenvalue weighted by molar-refractivity contribution is 7.99. The summed E-state index contributed by atoms with van der Waals surface area (Å²) < 4.78 is 44.9. The number of ether oxygens (including phenoxy) is 1. The predicted molar refractivity (Wildman–Crippen MR) is 108 cm³/mol. The second-order valence-electron chi connectivity index (χ2n) is 6.54. The number of rotatable bonds is 4. The summed E-state index contributed by atoms with van der Waals surface area (Å²) in [4.78, 5) is 16.6. The van der Waals surface area contributed by atoms with Gasteiger partial charge in [-0.25, -0.2) is 15.0 Å². The molecule has 0 amide bonds. The molecule has 0 fully saturated rings. The van der Waals surface area contributed by atoms with Gasteiger partial charge >= 0.3 is 6.18 Å². The number of H-pyrrole nitrogens is 1. The number of amidine groups is 1. The zero-order valence-electron chi connectivity index (χ0n) is 16.0. The van der Waals surface area contributed by atoms with Crippen molar-refractivity contribution >= 4 is 29.4 Å². The molecule has 3 aromatic rings. The van der Waals surface area contributed by atoms with Crippen LogP contribution in [0, 0.1) is 6.92 Å². The number of aryl methyl sites for hydroxylation is 1. The van der Waals surface area contributed by atoms with E-state index in [1.807, 2.05) is 0 Å². The van der Waals surface area contributed by atoms with Crippen LogP contribution < -0.4 is 10.1 Å². The van der Waals surface area contributed by atoms with Crippen molar-refractivity contribution in [2.24, 2.45) is 4.99 Å². The van der Waals surface area contributed by atoms with Gasteiger partial charge in [-0.2, -0.15) is 18.2 Å². The lowest BCUT2D eigenvalue weighted by Gasteiger charge is -2.14. The van der Waals surface area contributed by atoms with E-state index in [-0.39, 0.29) is 27.7 Å². The molecule has 0 unspecified atom stereocenters. The largest absolute Gasteiger partial charge is 0.416 e. The molecule has 1 aliphatic rings. The van der Waals surface area contributed by atoms with Crippen LogP contribution in [0.1, 0.15) is 17.5 Å². The number of halogens is 4. The van der Waals surface area contributed by atoms with E-state index >= 15 is 0 Å². The summed E-state index contributed by atoms with van der Waals surface area (Å²) in [5.74, 6) is 0.397. The van der Waals surface area contributed by atoms with Crippen molar-refractivity contribution in [3.8, 4) is 17.3 Å². The van der Waals surface area contributed by atoms with Crippen LogP contribution in [0.15, 0.2) is 39.4 Å². The number of nitrogens with zero attached hydrogens (tertiary/aromatic N) is 5. The minimum absolute atomic E-state index is 0.0410. The number of aliphatic imine (C=N–C) groups is 1. The topological polar surface area (TPSA) is 101 Å². The first-order valence-electron chi connectivity index (χ1n) is 9.06. The Kier molecular flexibility index (Phi) is 6.01. The average Bonchev–Trinajstić information content (AvgIpc) is 3.16. The monoisotopic (exact) mass is 469 g/mol. The van der Waals surface area contributed by atoms with Crippen LogP contribution in [0.3, 0.4) is 0 Å². The third-order valence-electron chi connectivity index (χ3n) is 4.06. The molecule has 1 aromatic carbocycles. The molecule has 0 saturated carbocycles. The number of aromatic nitrogens is 5. The Labute approximate surface area is 183 Å². The summed E-state index contributed by atoms with van der Waals surface area (Å²) in [6.07, 6.45) is -3.54. The zero-order valence-corrected chi connectivity index (χ0v) is 17.6. The van der Waals surface area contributed by atoms with Crippen molar-refractivity contribution in [3.05, 3.63) is 40.7 Å². The summed E-state index contributed by atoms with van der Waals surface area (Å²) in [6.45, 7) is 2.98. The molecule has 2 N–H and O–H groups in total. The molecule has 0 saturated heterocycles. The highest BCUT2D eigenvalue weighted by atomic mass is 35.5. The van der Waals surface area contributed by atoms with E-state index in [4.69, 9.17) is 16.3 Å². The third-order valence-corrected chi connectivity index (χ3v) is 5.01. The molecule has 0 spiro atoms. The van der Waals surface area contributed by atoms with Gasteiger partial charge in [0.1, 0.15) is 5.03 Å². The van der Waals surface area contributed by atoms with E-state index in [2.05, 4.69) is 35.5 Å². The summed E-state index contributed by atoms with van der Waals surface area (Å²) in [7, 11) is 0. The van der Waals surface area contributed by atoms with Crippen molar-refractivity contribution in [2.75, 3.05) is 13.1 Å². The van der Waals surface area contributed by atoms with Gasteiger partial charge in [0.05, 0.1) is 5.56 Å². The molecular formula is C18H15ClF3N7OS. The molecule has 0 atom stereocenters. The Bertz CT molecular complexity index is 1140. The van der Waals surface area contributed by atoms with Gasteiger partial charge in [-0.1, -0.05) is 0 Å². The molecule has 0 aliphatic carbocycles. The molecule has 0 bridgehead atoms. The Morgan fingerprint density at radius 1 is 1.13 bits per heavy atom. The van der Waals surface area contributed by atoms with Gasteiger partial charge in [-0.05, 0) is 60.5 Å². The number of hydrogen-bond donors (Lipinski definition) is 2. The molecule has 8 nitrogen and oxygen atoms in total. The molecule has 4 rings (SSSR count). The fourth-order valence-corrected chi connectivity index (χ4v) is 3.69. The van der Waals surface area contributed by atoms with E-state index < -0.39 is 11.7 Å². The van der Waals surface area contributed by atoms with Gasteiger partial charge in [0.15, 0.2) is 5.82 Å². The summed E-state index contributed by atoms with van der Waals surface area (Å²) >= 11 is 7.04. The van der Waals surface area contributed by atoms with Crippen LogP contribution in [-0.2, 0) is 6.18 Å². The van der Waals surface area contributed by atoms with Gasteiger partial charge in [0, 0.05) is 24.7 Å². The fraction of sp³-hybridized carbons (Fsp3) is 0.278. The van der Waals surface area contributed by atoms with Gasteiger partial charge in [0.2, 0.25) is 16.3 Å². The molecule has 3 heterocycles. The fourth-order valence-electron chi connectivity index (χ4n) is 2.76. The van der Waals surface area contributed by atoms with E-state index in [0.29, 0.717) is 23.2 Å². The number of alkyl halides is 3. The first-order valence-corrected chi connectivity index (χ1v) is 10.3. The van der Waals surface area contributed by atoms with Crippen molar-refractivity contribution in [1.29, 1.82) is 0 Å². The first kappa shape index (κ1) is 21.4. The maximum atomic E-state index is 13.1. The zero-order chi connectivity index (χ0) is 22.0. The maximum absolute atomic E-state index is 13.1. The molecule has 162 valence electrons. The summed E-state index contributed by atoms with van der Waals surface area (Å²) in [5, 5.41) is 10.3. The van der Waals surface area contributed by atoms with Gasteiger partial charge < -0.3 is 10.1 Å². The lowest BCUT2D eigenvalue weighted by atomic mass is 10.1. The quantitative estimate of drug-likeness (QED) is 0.437. The van der Waals surface area contributed by atoms with Crippen LogP contribution >= 0.6 is 23.4 Å². The lowest BCUT2D eigenvalue weighted by Crippen LogP contribution is -2.33. The third kappa shape index (κ3) is 5.44. The Balaban J connectivity index is 1.54. The maximum Gasteiger partial charge on any atom is 0.416 e. The molecule has 0 radical (unpaired) electrons. The lowest BCUT2D eigenvalue weighted by molar-refractivity contribution is -0.137. The highest BCUT2D eigenvalue weighted by Gasteiger charge is 2.31. The first-order chi connectivity index (χ1) is 14.8. The SMILES string of the molecule is Cc1cc(-c2nc(Sc3cc(OC4=NCCCN4)nc(Cl)n3)n[nH]2)cc(C(F)(F)F)c1. The minimum atomic E-state index is -4.45. The number of hydrogen-bond acceptors (Lipinski definition) is 8. The van der Waals surface area contributed by atoms with E-state index in [1.54, 1.807) is 19.1 Å². The molecule has 31 heavy (non-hydrogen) atoms. The molecule has 1 aliphatic heterocycles. The molecule has 13 heteroatoms. The van der Waals surface area contributed by atoms with E-state index in [0.717, 1.165) is 36.9 Å². The molecule has 2 aromatic heterocycles. The van der Waals surface area contributed by atoms with Crippen molar-refractivity contribution in [1.82, 2.24) is 30.5 Å².